The minimum Gasteiger partial charge on any atom is -0.390 e. The zero-order valence-electron chi connectivity index (χ0n) is 20.6. The number of aliphatic hydroxyl groups excluding tert-OH is 1. The van der Waals surface area contributed by atoms with E-state index >= 15 is 0 Å². The predicted octanol–water partition coefficient (Wildman–Crippen LogP) is 6.46. The van der Waals surface area contributed by atoms with Gasteiger partial charge < -0.3 is 15.3 Å². The van der Waals surface area contributed by atoms with Gasteiger partial charge in [-0.15, -0.1) is 11.8 Å². The van der Waals surface area contributed by atoms with E-state index < -0.39 is 16.6 Å². The Morgan fingerprint density at radius 1 is 1.25 bits per heavy atom. The Hall–Kier alpha value is -0.810. The van der Waals surface area contributed by atoms with Crippen LogP contribution in [0.2, 0.25) is 0 Å². The molecule has 3 rings (SSSR count). The summed E-state index contributed by atoms with van der Waals surface area (Å²) in [4.78, 5) is -1.02. The first-order valence-electron chi connectivity index (χ1n) is 12.6. The lowest BCUT2D eigenvalue weighted by Gasteiger charge is -2.41. The molecule has 0 aromatic carbocycles. The minimum absolute atomic E-state index is 0.297. The summed E-state index contributed by atoms with van der Waals surface area (Å²) >= 11 is 1.47. The Labute approximate surface area is 199 Å². The van der Waals surface area contributed by atoms with Gasteiger partial charge in [0.1, 0.15) is 4.93 Å². The lowest BCUT2D eigenvalue weighted by molar-refractivity contribution is 0.0288. The number of thioether (sulfide) groups is 1. The van der Waals surface area contributed by atoms with Crippen molar-refractivity contribution in [1.29, 1.82) is 0 Å². The van der Waals surface area contributed by atoms with Crippen LogP contribution < -0.4 is 0 Å². The predicted molar refractivity (Wildman–Crippen MR) is 137 cm³/mol. The van der Waals surface area contributed by atoms with Gasteiger partial charge in [-0.2, -0.15) is 0 Å². The van der Waals surface area contributed by atoms with Crippen LogP contribution in [0, 0.1) is 11.3 Å². The summed E-state index contributed by atoms with van der Waals surface area (Å²) in [5, 5.41) is 32.5. The van der Waals surface area contributed by atoms with Gasteiger partial charge in [-0.1, -0.05) is 63.6 Å². The highest BCUT2D eigenvalue weighted by Crippen LogP contribution is 2.55. The smallest absolute Gasteiger partial charge is 0.117 e. The molecule has 3 aliphatic carbocycles. The van der Waals surface area contributed by atoms with Crippen LogP contribution >= 0.6 is 11.8 Å². The van der Waals surface area contributed by atoms with Gasteiger partial charge in [-0.25, -0.2) is 0 Å². The Kier molecular flexibility index (Phi) is 8.24. The molecule has 0 saturated heterocycles. The minimum atomic E-state index is -1.02. The van der Waals surface area contributed by atoms with Crippen LogP contribution in [0.1, 0.15) is 91.9 Å². The third-order valence-corrected chi connectivity index (χ3v) is 9.90. The van der Waals surface area contributed by atoms with Crippen molar-refractivity contribution in [2.75, 3.05) is 5.75 Å². The standard InChI is InChI=1S/C28H44O3S/c1-6-23-13-14-24-21(10-9-15-26(23,24)5)11-12-22-18-28(31,19-25(29)20(22)4)32-17-16-27(30,7-2)8-3/h11-13,24-25,29-31H,4,6-10,14-19H2,1-3,5H3/t24-,25-,26+,28-/m0/s1. The van der Waals surface area contributed by atoms with Crippen LogP contribution in [0.15, 0.2) is 47.1 Å². The fourth-order valence-electron chi connectivity index (χ4n) is 6.09. The second-order valence-electron chi connectivity index (χ2n) is 10.5. The number of hydrogen-bond acceptors (Lipinski definition) is 4. The first kappa shape index (κ1) is 25.8. The van der Waals surface area contributed by atoms with Crippen molar-refractivity contribution in [2.45, 2.75) is 109 Å². The number of hydrogen-bond donors (Lipinski definition) is 3. The normalized spacial score (nSPS) is 36.0. The van der Waals surface area contributed by atoms with E-state index in [1.165, 1.54) is 30.2 Å². The summed E-state index contributed by atoms with van der Waals surface area (Å²) in [6.07, 6.45) is 14.9. The second kappa shape index (κ2) is 10.2. The quantitative estimate of drug-likeness (QED) is 0.287. The lowest BCUT2D eigenvalue weighted by atomic mass is 9.64. The van der Waals surface area contributed by atoms with Gasteiger partial charge in [0, 0.05) is 12.8 Å². The first-order valence-corrected chi connectivity index (χ1v) is 13.6. The lowest BCUT2D eigenvalue weighted by Crippen LogP contribution is -2.38. The largest absolute Gasteiger partial charge is 0.390 e. The van der Waals surface area contributed by atoms with Crippen LogP contribution in [0.4, 0.5) is 0 Å². The van der Waals surface area contributed by atoms with E-state index in [1.54, 1.807) is 5.57 Å². The fourth-order valence-corrected chi connectivity index (χ4v) is 7.49. The topological polar surface area (TPSA) is 60.7 Å². The molecule has 4 heteroatoms. The molecule has 2 saturated carbocycles. The van der Waals surface area contributed by atoms with Crippen LogP contribution in [-0.2, 0) is 0 Å². The van der Waals surface area contributed by atoms with Crippen LogP contribution in [-0.4, -0.2) is 37.7 Å². The molecule has 0 unspecified atom stereocenters. The number of aliphatic hydroxyl groups is 3. The summed E-state index contributed by atoms with van der Waals surface area (Å²) in [5.41, 5.74) is 4.45. The fraction of sp³-hybridized carbons (Fsp3) is 0.714. The molecule has 2 fully saturated rings. The van der Waals surface area contributed by atoms with E-state index in [2.05, 4.69) is 38.7 Å². The maximum atomic E-state index is 11.3. The van der Waals surface area contributed by atoms with Gasteiger partial charge in [0.15, 0.2) is 0 Å². The van der Waals surface area contributed by atoms with Crippen molar-refractivity contribution in [3.8, 4) is 0 Å². The molecule has 0 aromatic heterocycles. The molecule has 0 spiro atoms. The van der Waals surface area contributed by atoms with Crippen molar-refractivity contribution in [3.05, 3.63) is 47.1 Å². The van der Waals surface area contributed by atoms with Gasteiger partial charge in [0.2, 0.25) is 0 Å². The molecule has 0 amide bonds. The molecule has 180 valence electrons. The summed E-state index contributed by atoms with van der Waals surface area (Å²) < 4.78 is 0. The third-order valence-electron chi connectivity index (χ3n) is 8.64. The highest BCUT2D eigenvalue weighted by atomic mass is 32.2. The molecule has 3 aliphatic rings. The van der Waals surface area contributed by atoms with Gasteiger partial charge in [0.25, 0.3) is 0 Å². The zero-order valence-corrected chi connectivity index (χ0v) is 21.4. The molecule has 3 nitrogen and oxygen atoms in total. The summed E-state index contributed by atoms with van der Waals surface area (Å²) in [5.74, 6) is 1.26. The first-order chi connectivity index (χ1) is 15.1. The van der Waals surface area contributed by atoms with E-state index in [-0.39, 0.29) is 0 Å². The number of fused-ring (bicyclic) bond motifs is 1. The Morgan fingerprint density at radius 2 is 1.97 bits per heavy atom. The van der Waals surface area contributed by atoms with E-state index in [1.807, 2.05) is 13.8 Å². The molecular formula is C28H44O3S. The average molecular weight is 461 g/mol. The molecule has 0 heterocycles. The molecule has 3 N–H and O–H groups in total. The Morgan fingerprint density at radius 3 is 2.62 bits per heavy atom. The molecule has 0 aliphatic heterocycles. The van der Waals surface area contributed by atoms with Crippen molar-refractivity contribution >= 4 is 11.8 Å². The van der Waals surface area contributed by atoms with Gasteiger partial charge in [-0.3, -0.25) is 0 Å². The highest BCUT2D eigenvalue weighted by molar-refractivity contribution is 8.00. The number of rotatable bonds is 8. The van der Waals surface area contributed by atoms with Crippen molar-refractivity contribution < 1.29 is 15.3 Å². The Bertz CT molecular complexity index is 790. The molecule has 32 heavy (non-hydrogen) atoms. The monoisotopic (exact) mass is 460 g/mol. The van der Waals surface area contributed by atoms with Crippen molar-refractivity contribution in [3.63, 3.8) is 0 Å². The maximum absolute atomic E-state index is 11.3. The van der Waals surface area contributed by atoms with Crippen molar-refractivity contribution in [2.24, 2.45) is 11.3 Å². The van der Waals surface area contributed by atoms with Crippen LogP contribution in [0.25, 0.3) is 0 Å². The SMILES string of the molecule is C=C1C(=CC=C2CCC[C@]3(C)C(CC)=CC[C@@H]23)C[C@](O)(SCCC(O)(CC)CC)C[C@@H]1O. The molecule has 4 atom stereocenters. The molecule has 0 aromatic rings. The summed E-state index contributed by atoms with van der Waals surface area (Å²) in [6.45, 7) is 12.9. The van der Waals surface area contributed by atoms with E-state index in [4.69, 9.17) is 0 Å². The molecule has 0 bridgehead atoms. The van der Waals surface area contributed by atoms with Crippen LogP contribution in [0.3, 0.4) is 0 Å². The summed E-state index contributed by atoms with van der Waals surface area (Å²) in [6, 6.07) is 0. The van der Waals surface area contributed by atoms with Gasteiger partial charge in [0.05, 0.1) is 11.7 Å². The zero-order chi connectivity index (χ0) is 23.6. The third kappa shape index (κ3) is 5.29. The van der Waals surface area contributed by atoms with Gasteiger partial charge in [-0.05, 0) is 79.6 Å². The summed E-state index contributed by atoms with van der Waals surface area (Å²) in [7, 11) is 0. The Balaban J connectivity index is 1.73. The van der Waals surface area contributed by atoms with Crippen LogP contribution in [0.5, 0.6) is 0 Å². The second-order valence-corrected chi connectivity index (χ2v) is 11.9. The highest BCUT2D eigenvalue weighted by Gasteiger charge is 2.44. The van der Waals surface area contributed by atoms with Gasteiger partial charge >= 0.3 is 0 Å². The van der Waals surface area contributed by atoms with E-state index in [0.29, 0.717) is 36.3 Å². The van der Waals surface area contributed by atoms with E-state index in [0.717, 1.165) is 43.3 Å². The number of allylic oxidation sites excluding steroid dienone is 5. The molecular weight excluding hydrogens is 416 g/mol. The maximum Gasteiger partial charge on any atom is 0.117 e. The average Bonchev–Trinajstić information content (AvgIpc) is 3.11. The van der Waals surface area contributed by atoms with Crippen molar-refractivity contribution in [1.82, 2.24) is 0 Å². The molecule has 0 radical (unpaired) electrons. The van der Waals surface area contributed by atoms with E-state index in [9.17, 15) is 15.3 Å².